The lowest BCUT2D eigenvalue weighted by atomic mass is 9.33. The van der Waals surface area contributed by atoms with E-state index in [1.165, 1.54) is 18.8 Å². The van der Waals surface area contributed by atoms with E-state index in [0.717, 1.165) is 57.8 Å². The molecule has 4 saturated carbocycles. The number of fused-ring (bicyclic) bond motifs is 7. The molecule has 5 aliphatic carbocycles. The molecule has 0 spiro atoms. The number of aldehydes is 1. The molecule has 5 aliphatic rings. The van der Waals surface area contributed by atoms with Crippen molar-refractivity contribution >= 4 is 23.8 Å². The Kier molecular flexibility index (Phi) is 6.53. The number of carbonyl (C=O) groups is 4. The molecule has 0 N–H and O–H groups in total. The maximum atomic E-state index is 14.4. The lowest BCUT2D eigenvalue weighted by molar-refractivity contribution is -0.210. The zero-order valence-electron chi connectivity index (χ0n) is 25.6. The molecule has 39 heavy (non-hydrogen) atoms. The lowest BCUT2D eigenvalue weighted by Gasteiger charge is -2.70. The van der Waals surface area contributed by atoms with Gasteiger partial charge in [-0.1, -0.05) is 54.0 Å². The van der Waals surface area contributed by atoms with Crippen molar-refractivity contribution in [3.8, 4) is 0 Å². The summed E-state index contributed by atoms with van der Waals surface area (Å²) < 4.78 is 5.92. The first-order chi connectivity index (χ1) is 18.0. The summed E-state index contributed by atoms with van der Waals surface area (Å²) >= 11 is 0. The molecule has 9 atom stereocenters. The maximum absolute atomic E-state index is 14.4. The van der Waals surface area contributed by atoms with Crippen LogP contribution in [0.1, 0.15) is 120 Å². The molecule has 4 fully saturated rings. The molecule has 0 bridgehead atoms. The zero-order chi connectivity index (χ0) is 28.8. The minimum absolute atomic E-state index is 0.0696. The van der Waals surface area contributed by atoms with Gasteiger partial charge >= 0.3 is 5.97 Å². The van der Waals surface area contributed by atoms with Gasteiger partial charge in [0.25, 0.3) is 0 Å². The number of rotatable bonds is 4. The van der Waals surface area contributed by atoms with Crippen molar-refractivity contribution in [3.63, 3.8) is 0 Å². The van der Waals surface area contributed by atoms with Gasteiger partial charge in [0.15, 0.2) is 5.78 Å². The van der Waals surface area contributed by atoms with Crippen molar-refractivity contribution in [2.24, 2.45) is 50.2 Å². The van der Waals surface area contributed by atoms with Gasteiger partial charge in [0.2, 0.25) is 0 Å². The lowest BCUT2D eigenvalue weighted by Crippen LogP contribution is -2.66. The third-order valence-corrected chi connectivity index (χ3v) is 13.5. The van der Waals surface area contributed by atoms with Crippen LogP contribution < -0.4 is 0 Å². The molecule has 0 saturated heterocycles. The molecule has 0 heterocycles. The summed E-state index contributed by atoms with van der Waals surface area (Å²) in [6.07, 6.45) is 11.4. The number of hydrogen-bond acceptors (Lipinski definition) is 5. The second-order valence-corrected chi connectivity index (χ2v) is 16.2. The second-order valence-electron chi connectivity index (χ2n) is 16.2. The summed E-state index contributed by atoms with van der Waals surface area (Å²) in [5.74, 6) is 0.125. The van der Waals surface area contributed by atoms with Crippen LogP contribution in [0.4, 0.5) is 0 Å². The summed E-state index contributed by atoms with van der Waals surface area (Å²) in [6, 6.07) is 0. The standard InChI is InChI=1S/C34H50O5/c1-21(36)17-27(38)39-26-10-11-32(6)25(29(26,2)3)9-12-34(8)28(32)24(37)18-22-23-19-30(4,20-35)13-14-31(23,5)15-16-33(22,34)7/h18,20,23,25-26,28H,9-17,19H2,1-8H3/t23-,25?,26-,28?,30-,31+,32-,33?,34+/m0/s1. The van der Waals surface area contributed by atoms with Gasteiger partial charge in [-0.3, -0.25) is 14.4 Å². The number of esters is 1. The zero-order valence-corrected chi connectivity index (χ0v) is 25.6. The van der Waals surface area contributed by atoms with Crippen molar-refractivity contribution in [1.29, 1.82) is 0 Å². The SMILES string of the molecule is CC(=O)CC(=O)O[C@H]1CC[C@@]2(C)C(CC[C@]3(C)C2C(=O)C=C2[C@@H]4C[C@@](C)(C=O)CC[C@]4(C)CCC23C)C1(C)C. The van der Waals surface area contributed by atoms with Crippen LogP contribution in [0.25, 0.3) is 0 Å². The summed E-state index contributed by atoms with van der Waals surface area (Å²) in [6.45, 7) is 17.5. The molecule has 5 rings (SSSR count). The van der Waals surface area contributed by atoms with Crippen LogP contribution >= 0.6 is 0 Å². The van der Waals surface area contributed by atoms with Crippen LogP contribution in [-0.4, -0.2) is 29.9 Å². The molecular formula is C34H50O5. The van der Waals surface area contributed by atoms with E-state index in [0.29, 0.717) is 0 Å². The molecule has 0 aromatic rings. The topological polar surface area (TPSA) is 77.5 Å². The molecule has 0 amide bonds. The Balaban J connectivity index is 1.52. The highest BCUT2D eigenvalue weighted by molar-refractivity contribution is 5.96. The van der Waals surface area contributed by atoms with E-state index in [2.05, 4.69) is 54.5 Å². The van der Waals surface area contributed by atoms with Crippen LogP contribution in [0.5, 0.6) is 0 Å². The molecule has 3 unspecified atom stereocenters. The predicted molar refractivity (Wildman–Crippen MR) is 151 cm³/mol. The van der Waals surface area contributed by atoms with Gasteiger partial charge in [-0.15, -0.1) is 0 Å². The van der Waals surface area contributed by atoms with E-state index in [4.69, 9.17) is 4.74 Å². The smallest absolute Gasteiger partial charge is 0.313 e. The fraction of sp³-hybridized carbons (Fsp3) is 0.824. The Labute approximate surface area is 235 Å². The largest absolute Gasteiger partial charge is 0.461 e. The van der Waals surface area contributed by atoms with E-state index < -0.39 is 5.97 Å². The number of ether oxygens (including phenoxy) is 1. The highest BCUT2D eigenvalue weighted by Gasteiger charge is 2.70. The quantitative estimate of drug-likeness (QED) is 0.218. The highest BCUT2D eigenvalue weighted by atomic mass is 16.5. The fourth-order valence-corrected chi connectivity index (χ4v) is 10.9. The van der Waals surface area contributed by atoms with Crippen molar-refractivity contribution < 1.29 is 23.9 Å². The molecule has 0 aromatic carbocycles. The number of allylic oxidation sites excluding steroid dienone is 2. The Hall–Kier alpha value is -1.78. The molecule has 0 aromatic heterocycles. The first-order valence-corrected chi connectivity index (χ1v) is 15.4. The minimum Gasteiger partial charge on any atom is -0.461 e. The Morgan fingerprint density at radius 1 is 0.949 bits per heavy atom. The molecule has 0 radical (unpaired) electrons. The Morgan fingerprint density at radius 2 is 1.62 bits per heavy atom. The van der Waals surface area contributed by atoms with Gasteiger partial charge in [-0.2, -0.15) is 0 Å². The van der Waals surface area contributed by atoms with E-state index in [1.807, 2.05) is 0 Å². The number of Topliss-reactive ketones (excluding diaryl/α,β-unsaturated/α-hetero) is 1. The number of hydrogen-bond donors (Lipinski definition) is 0. The van der Waals surface area contributed by atoms with Gasteiger partial charge in [-0.05, 0) is 104 Å². The van der Waals surface area contributed by atoms with Crippen molar-refractivity contribution in [3.05, 3.63) is 11.6 Å². The average Bonchev–Trinajstić information content (AvgIpc) is 2.83. The first kappa shape index (κ1) is 28.7. The third-order valence-electron chi connectivity index (χ3n) is 13.5. The second kappa shape index (κ2) is 8.86. The maximum Gasteiger partial charge on any atom is 0.313 e. The van der Waals surface area contributed by atoms with E-state index >= 15 is 0 Å². The Morgan fingerprint density at radius 3 is 2.26 bits per heavy atom. The monoisotopic (exact) mass is 538 g/mol. The summed E-state index contributed by atoms with van der Waals surface area (Å²) in [7, 11) is 0. The molecule has 5 heteroatoms. The summed E-state index contributed by atoms with van der Waals surface area (Å²) in [5.41, 5.74) is 0.488. The molecule has 0 aliphatic heterocycles. The summed E-state index contributed by atoms with van der Waals surface area (Å²) in [5, 5.41) is 0. The van der Waals surface area contributed by atoms with Crippen LogP contribution in [0.3, 0.4) is 0 Å². The van der Waals surface area contributed by atoms with E-state index in [9.17, 15) is 19.2 Å². The van der Waals surface area contributed by atoms with Crippen LogP contribution in [0.15, 0.2) is 11.6 Å². The van der Waals surface area contributed by atoms with Gasteiger partial charge in [-0.25, -0.2) is 0 Å². The Bertz CT molecular complexity index is 1130. The van der Waals surface area contributed by atoms with Crippen molar-refractivity contribution in [2.75, 3.05) is 0 Å². The normalized spacial score (nSPS) is 48.4. The van der Waals surface area contributed by atoms with Crippen LogP contribution in [-0.2, 0) is 23.9 Å². The van der Waals surface area contributed by atoms with Gasteiger partial charge in [0.05, 0.1) is 0 Å². The molecular weight excluding hydrogens is 488 g/mol. The predicted octanol–water partition coefficient (Wildman–Crippen LogP) is 7.06. The fourth-order valence-electron chi connectivity index (χ4n) is 10.9. The van der Waals surface area contributed by atoms with Gasteiger partial charge in [0.1, 0.15) is 24.6 Å². The van der Waals surface area contributed by atoms with E-state index in [-0.39, 0.29) is 74.3 Å². The first-order valence-electron chi connectivity index (χ1n) is 15.4. The molecule has 216 valence electrons. The number of ketones is 2. The number of carbonyl (C=O) groups excluding carboxylic acids is 4. The highest BCUT2D eigenvalue weighted by Crippen LogP contribution is 2.75. The third kappa shape index (κ3) is 3.98. The van der Waals surface area contributed by atoms with Crippen molar-refractivity contribution in [1.82, 2.24) is 0 Å². The van der Waals surface area contributed by atoms with Gasteiger partial charge in [0, 0.05) is 16.7 Å². The van der Waals surface area contributed by atoms with Gasteiger partial charge < -0.3 is 9.53 Å². The average molecular weight is 539 g/mol. The van der Waals surface area contributed by atoms with Crippen molar-refractivity contribution in [2.45, 2.75) is 126 Å². The summed E-state index contributed by atoms with van der Waals surface area (Å²) in [4.78, 5) is 50.5. The molecule has 5 nitrogen and oxygen atoms in total. The minimum atomic E-state index is -0.432. The van der Waals surface area contributed by atoms with Crippen LogP contribution in [0.2, 0.25) is 0 Å². The van der Waals surface area contributed by atoms with E-state index in [1.54, 1.807) is 0 Å². The van der Waals surface area contributed by atoms with Crippen LogP contribution in [0, 0.1) is 50.2 Å².